The lowest BCUT2D eigenvalue weighted by atomic mass is 9.78. The molecule has 1 fully saturated rings. The Bertz CT molecular complexity index is 838. The third kappa shape index (κ3) is 3.04. The normalized spacial score (nSPS) is 26.8. The number of nitrogens with zero attached hydrogens (tertiary/aromatic N) is 3. The highest BCUT2D eigenvalue weighted by Crippen LogP contribution is 2.33. The molecule has 0 bridgehead atoms. The second-order valence-electron chi connectivity index (χ2n) is 7.07. The molecule has 4 rings (SSSR count). The molecule has 25 heavy (non-hydrogen) atoms. The molecule has 1 saturated carbocycles. The minimum Gasteiger partial charge on any atom is -0.492 e. The maximum Gasteiger partial charge on any atom is 0.238 e. The van der Waals surface area contributed by atoms with Gasteiger partial charge in [0.1, 0.15) is 5.69 Å². The van der Waals surface area contributed by atoms with Gasteiger partial charge < -0.3 is 15.4 Å². The van der Waals surface area contributed by atoms with Crippen molar-refractivity contribution in [2.45, 2.75) is 39.2 Å². The van der Waals surface area contributed by atoms with Gasteiger partial charge in [0.25, 0.3) is 0 Å². The number of hydrogen-bond acceptors (Lipinski definition) is 5. The van der Waals surface area contributed by atoms with Gasteiger partial charge in [-0.05, 0) is 36.5 Å². The quantitative estimate of drug-likeness (QED) is 0.790. The number of pyridine rings is 1. The zero-order valence-electron chi connectivity index (χ0n) is 14.5. The van der Waals surface area contributed by atoms with E-state index < -0.39 is 0 Å². The molecule has 3 N–H and O–H groups in total. The Kier molecular flexibility index (Phi) is 4.03. The lowest BCUT2D eigenvalue weighted by Gasteiger charge is -2.34. The van der Waals surface area contributed by atoms with Crippen LogP contribution in [0.25, 0.3) is 11.6 Å². The first-order valence-corrected chi connectivity index (χ1v) is 8.88. The van der Waals surface area contributed by atoms with Gasteiger partial charge in [-0.3, -0.25) is 0 Å². The van der Waals surface area contributed by atoms with Crippen LogP contribution >= 0.6 is 0 Å². The molecule has 2 aromatic rings. The first-order chi connectivity index (χ1) is 12.1. The van der Waals surface area contributed by atoms with E-state index in [2.05, 4.69) is 39.1 Å². The summed E-state index contributed by atoms with van der Waals surface area (Å²) in [5, 5.41) is 13.7. The Balaban J connectivity index is 1.55. The van der Waals surface area contributed by atoms with Gasteiger partial charge >= 0.3 is 0 Å². The molecule has 3 heterocycles. The van der Waals surface area contributed by atoms with E-state index in [1.807, 2.05) is 18.2 Å². The van der Waals surface area contributed by atoms with E-state index in [-0.39, 0.29) is 5.88 Å². The summed E-state index contributed by atoms with van der Waals surface area (Å²) < 4.78 is 0. The predicted molar refractivity (Wildman–Crippen MR) is 100 cm³/mol. The average molecular weight is 337 g/mol. The molecule has 0 aromatic carbocycles. The van der Waals surface area contributed by atoms with Gasteiger partial charge in [-0.25, -0.2) is 9.98 Å². The fourth-order valence-corrected chi connectivity index (χ4v) is 3.70. The summed E-state index contributed by atoms with van der Waals surface area (Å²) in [5.74, 6) is 2.61. The molecular formula is C19H23N5O. The molecule has 0 spiro atoms. The number of allylic oxidation sites excluding steroid dienone is 1. The lowest BCUT2D eigenvalue weighted by Crippen LogP contribution is -2.35. The third-order valence-corrected chi connectivity index (χ3v) is 5.46. The second-order valence-corrected chi connectivity index (χ2v) is 7.07. The molecule has 6 nitrogen and oxygen atoms in total. The molecule has 0 radical (unpaired) electrons. The summed E-state index contributed by atoms with van der Waals surface area (Å²) >= 11 is 0. The molecule has 0 amide bonds. The second kappa shape index (κ2) is 6.35. The van der Waals surface area contributed by atoms with Crippen molar-refractivity contribution in [3.05, 3.63) is 29.6 Å². The molecule has 3 unspecified atom stereocenters. The largest absolute Gasteiger partial charge is 0.492 e. The number of fused-ring (bicyclic) bond motifs is 1. The fraction of sp³-hybridized carbons (Fsp3) is 0.421. The number of nitrogens with one attached hydrogen (secondary N) is 2. The van der Waals surface area contributed by atoms with Gasteiger partial charge in [0, 0.05) is 29.6 Å². The van der Waals surface area contributed by atoms with Crippen molar-refractivity contribution in [2.75, 3.05) is 5.32 Å². The van der Waals surface area contributed by atoms with Crippen molar-refractivity contribution in [3.8, 4) is 5.88 Å². The summed E-state index contributed by atoms with van der Waals surface area (Å²) in [7, 11) is 0. The topological polar surface area (TPSA) is 86.2 Å². The van der Waals surface area contributed by atoms with Crippen LogP contribution in [-0.2, 0) is 0 Å². The van der Waals surface area contributed by atoms with Crippen molar-refractivity contribution in [2.24, 2.45) is 16.8 Å². The molecule has 6 heteroatoms. The minimum atomic E-state index is -0.00255. The molecule has 0 saturated heterocycles. The zero-order chi connectivity index (χ0) is 17.4. The van der Waals surface area contributed by atoms with E-state index in [1.165, 1.54) is 12.8 Å². The van der Waals surface area contributed by atoms with E-state index in [4.69, 9.17) is 0 Å². The van der Waals surface area contributed by atoms with E-state index in [1.54, 1.807) is 12.4 Å². The third-order valence-electron chi connectivity index (χ3n) is 5.46. The highest BCUT2D eigenvalue weighted by atomic mass is 16.3. The van der Waals surface area contributed by atoms with Crippen molar-refractivity contribution in [1.82, 2.24) is 15.0 Å². The van der Waals surface area contributed by atoms with Gasteiger partial charge in [-0.1, -0.05) is 26.7 Å². The molecule has 130 valence electrons. The average Bonchev–Trinajstić information content (AvgIpc) is 3.16. The molecule has 1 aliphatic carbocycles. The molecular weight excluding hydrogens is 314 g/mol. The first kappa shape index (κ1) is 15.9. The zero-order valence-corrected chi connectivity index (χ0v) is 14.5. The maximum atomic E-state index is 10.2. The van der Waals surface area contributed by atoms with E-state index in [9.17, 15) is 5.11 Å². The number of aromatic hydroxyl groups is 1. The summed E-state index contributed by atoms with van der Waals surface area (Å²) in [6, 6.07) is 4.23. The summed E-state index contributed by atoms with van der Waals surface area (Å²) in [6.07, 6.45) is 8.99. The highest BCUT2D eigenvalue weighted by Gasteiger charge is 2.27. The number of H-pyrrole nitrogens is 1. The van der Waals surface area contributed by atoms with Gasteiger partial charge in [-0.2, -0.15) is 4.98 Å². The Hall–Kier alpha value is -2.63. The van der Waals surface area contributed by atoms with Crippen LogP contribution in [0.4, 0.5) is 11.8 Å². The van der Waals surface area contributed by atoms with E-state index in [0.717, 1.165) is 17.6 Å². The smallest absolute Gasteiger partial charge is 0.238 e. The SMILES string of the molecule is CC1CCCC(Nc2nc(O)c(C=C3C=Nc4ncccc43)[nH]2)C1C. The van der Waals surface area contributed by atoms with Crippen molar-refractivity contribution in [3.63, 3.8) is 0 Å². The fourth-order valence-electron chi connectivity index (χ4n) is 3.70. The van der Waals surface area contributed by atoms with E-state index in [0.29, 0.717) is 35.3 Å². The van der Waals surface area contributed by atoms with Crippen LogP contribution in [0, 0.1) is 11.8 Å². The molecule has 2 aliphatic rings. The predicted octanol–water partition coefficient (Wildman–Crippen LogP) is 4.00. The van der Waals surface area contributed by atoms with Crippen LogP contribution in [0.15, 0.2) is 23.3 Å². The van der Waals surface area contributed by atoms with Gasteiger partial charge in [0.2, 0.25) is 11.8 Å². The van der Waals surface area contributed by atoms with Crippen LogP contribution in [0.2, 0.25) is 0 Å². The number of hydrogen-bond donors (Lipinski definition) is 3. The summed E-state index contributed by atoms with van der Waals surface area (Å²) in [5.41, 5.74) is 2.45. The molecule has 2 aromatic heterocycles. The Labute approximate surface area is 147 Å². The lowest BCUT2D eigenvalue weighted by molar-refractivity contribution is 0.252. The van der Waals surface area contributed by atoms with Gasteiger partial charge in [0.05, 0.1) is 0 Å². The Morgan fingerprint density at radius 3 is 3.08 bits per heavy atom. The Morgan fingerprint density at radius 2 is 2.20 bits per heavy atom. The van der Waals surface area contributed by atoms with Crippen LogP contribution in [0.5, 0.6) is 5.88 Å². The van der Waals surface area contributed by atoms with Gasteiger partial charge in [-0.15, -0.1) is 0 Å². The minimum absolute atomic E-state index is 0.00255. The number of aliphatic imine (C=N–C) groups is 1. The molecule has 3 atom stereocenters. The number of rotatable bonds is 3. The van der Waals surface area contributed by atoms with Crippen LogP contribution in [0.1, 0.15) is 44.4 Å². The van der Waals surface area contributed by atoms with Crippen LogP contribution in [-0.4, -0.2) is 32.3 Å². The highest BCUT2D eigenvalue weighted by molar-refractivity contribution is 6.20. The first-order valence-electron chi connectivity index (χ1n) is 8.88. The number of aromatic amines is 1. The maximum absolute atomic E-state index is 10.2. The van der Waals surface area contributed by atoms with Crippen molar-refractivity contribution in [1.29, 1.82) is 0 Å². The van der Waals surface area contributed by atoms with E-state index >= 15 is 0 Å². The number of aromatic nitrogens is 3. The summed E-state index contributed by atoms with van der Waals surface area (Å²) in [4.78, 5) is 16.0. The number of imidazole rings is 1. The Morgan fingerprint density at radius 1 is 1.32 bits per heavy atom. The molecule has 1 aliphatic heterocycles. The summed E-state index contributed by atoms with van der Waals surface area (Å²) in [6.45, 7) is 4.59. The van der Waals surface area contributed by atoms with Crippen LogP contribution in [0.3, 0.4) is 0 Å². The van der Waals surface area contributed by atoms with Crippen molar-refractivity contribution >= 4 is 29.6 Å². The van der Waals surface area contributed by atoms with Gasteiger partial charge in [0.15, 0.2) is 5.82 Å². The monoisotopic (exact) mass is 337 g/mol. The van der Waals surface area contributed by atoms with Crippen molar-refractivity contribution < 1.29 is 5.11 Å². The van der Waals surface area contributed by atoms with Crippen LogP contribution < -0.4 is 5.32 Å². The number of anilines is 1. The standard InChI is InChI=1S/C19H23N5O/c1-11-5-3-7-15(12(11)2)22-19-23-16(18(25)24-19)9-13-10-21-17-14(13)6-4-8-20-17/h4,6,8-12,15,25H,3,5,7H2,1-2H3,(H2,22,23,24).